The number of nitrogens with zero attached hydrogens (tertiary/aromatic N) is 1. The monoisotopic (exact) mass is 278 g/mol. The van der Waals surface area contributed by atoms with E-state index in [1.54, 1.807) is 6.20 Å². The average Bonchev–Trinajstić information content (AvgIpc) is 1.95. The van der Waals surface area contributed by atoms with Crippen molar-refractivity contribution in [2.24, 2.45) is 0 Å². The summed E-state index contributed by atoms with van der Waals surface area (Å²) in [6, 6.07) is 1.99. The highest BCUT2D eigenvalue weighted by molar-refractivity contribution is 9.11. The van der Waals surface area contributed by atoms with Gasteiger partial charge in [-0.05, 0) is 45.0 Å². The van der Waals surface area contributed by atoms with E-state index in [9.17, 15) is 0 Å². The van der Waals surface area contributed by atoms with Crippen LogP contribution in [0.3, 0.4) is 0 Å². The minimum absolute atomic E-state index is 0.786. The van der Waals surface area contributed by atoms with Gasteiger partial charge in [-0.2, -0.15) is 0 Å². The second kappa shape index (κ2) is 4.18. The number of nitrogens with one attached hydrogen (secondary N) is 1. The third-order valence-corrected chi connectivity index (χ3v) is 2.35. The molecule has 1 heterocycles. The van der Waals surface area contributed by atoms with Crippen LogP contribution in [0.4, 0.5) is 0 Å². The van der Waals surface area contributed by atoms with Gasteiger partial charge in [-0.15, -0.1) is 0 Å². The Morgan fingerprint density at radius 3 is 2.82 bits per heavy atom. The van der Waals surface area contributed by atoms with Gasteiger partial charge in [0.15, 0.2) is 0 Å². The predicted octanol–water partition coefficient (Wildman–Crippen LogP) is 2.33. The lowest BCUT2D eigenvalue weighted by Gasteiger charge is -2.01. The predicted molar refractivity (Wildman–Crippen MR) is 52.4 cm³/mol. The molecule has 0 bridgehead atoms. The molecule has 0 aliphatic carbocycles. The first-order valence-electron chi connectivity index (χ1n) is 3.18. The summed E-state index contributed by atoms with van der Waals surface area (Å²) in [7, 11) is 1.90. The van der Waals surface area contributed by atoms with Crippen LogP contribution in [0.25, 0.3) is 0 Å². The van der Waals surface area contributed by atoms with E-state index in [4.69, 9.17) is 0 Å². The van der Waals surface area contributed by atoms with Crippen LogP contribution in [0.2, 0.25) is 0 Å². The maximum atomic E-state index is 4.21. The first kappa shape index (κ1) is 9.16. The summed E-state index contributed by atoms with van der Waals surface area (Å²) >= 11 is 6.75. The van der Waals surface area contributed by atoms with Crippen LogP contribution in [-0.2, 0) is 6.54 Å². The molecule has 0 aromatic carbocycles. The Hall–Kier alpha value is 0.0700. The van der Waals surface area contributed by atoms with Gasteiger partial charge in [-0.25, -0.2) is 0 Å². The largest absolute Gasteiger partial charge is 0.314 e. The maximum absolute atomic E-state index is 4.21. The first-order chi connectivity index (χ1) is 5.24. The highest BCUT2D eigenvalue weighted by Gasteiger charge is 1.99. The Morgan fingerprint density at radius 2 is 2.27 bits per heavy atom. The second-order valence-corrected chi connectivity index (χ2v) is 3.88. The lowest BCUT2D eigenvalue weighted by molar-refractivity contribution is 0.786. The zero-order valence-corrected chi connectivity index (χ0v) is 9.24. The van der Waals surface area contributed by atoms with Crippen LogP contribution < -0.4 is 5.32 Å². The zero-order valence-electron chi connectivity index (χ0n) is 6.06. The number of rotatable bonds is 2. The lowest BCUT2D eigenvalue weighted by atomic mass is 10.3. The smallest absolute Gasteiger partial charge is 0.0684 e. The molecular weight excluding hydrogens is 272 g/mol. The number of pyridine rings is 1. The molecule has 0 saturated heterocycles. The Bertz CT molecular complexity index is 250. The molecule has 0 aliphatic rings. The normalized spacial score (nSPS) is 10.1. The van der Waals surface area contributed by atoms with Crippen LogP contribution in [0, 0.1) is 0 Å². The Kier molecular flexibility index (Phi) is 3.48. The molecule has 0 saturated carbocycles. The molecule has 11 heavy (non-hydrogen) atoms. The summed E-state index contributed by atoms with van der Waals surface area (Å²) < 4.78 is 2.02. The van der Waals surface area contributed by atoms with Crippen molar-refractivity contribution in [3.05, 3.63) is 26.9 Å². The average molecular weight is 280 g/mol. The number of hydrogen-bond acceptors (Lipinski definition) is 2. The molecule has 0 unspecified atom stereocenters. The molecule has 60 valence electrons. The summed E-state index contributed by atoms with van der Waals surface area (Å²) in [5.74, 6) is 0. The molecule has 0 amide bonds. The molecule has 0 aliphatic heterocycles. The van der Waals surface area contributed by atoms with Crippen molar-refractivity contribution in [1.82, 2.24) is 10.3 Å². The van der Waals surface area contributed by atoms with Crippen LogP contribution in [0.5, 0.6) is 0 Å². The van der Waals surface area contributed by atoms with Crippen molar-refractivity contribution in [3.8, 4) is 0 Å². The molecule has 1 aromatic rings. The van der Waals surface area contributed by atoms with Crippen LogP contribution >= 0.6 is 31.9 Å². The molecule has 0 spiro atoms. The van der Waals surface area contributed by atoms with E-state index in [0.717, 1.165) is 21.2 Å². The van der Waals surface area contributed by atoms with E-state index < -0.39 is 0 Å². The van der Waals surface area contributed by atoms with Gasteiger partial charge in [0.2, 0.25) is 0 Å². The Balaban J connectivity index is 2.90. The number of aromatic nitrogens is 1. The molecule has 4 heteroatoms. The van der Waals surface area contributed by atoms with E-state index in [1.165, 1.54) is 0 Å². The van der Waals surface area contributed by atoms with Crippen molar-refractivity contribution in [3.63, 3.8) is 0 Å². The van der Waals surface area contributed by atoms with Gasteiger partial charge in [0, 0.05) is 21.7 Å². The van der Waals surface area contributed by atoms with Crippen molar-refractivity contribution < 1.29 is 0 Å². The molecule has 1 rings (SSSR count). The van der Waals surface area contributed by atoms with Gasteiger partial charge >= 0.3 is 0 Å². The summed E-state index contributed by atoms with van der Waals surface area (Å²) in [6.45, 7) is 0.786. The highest BCUT2D eigenvalue weighted by atomic mass is 79.9. The molecule has 2 nitrogen and oxygen atoms in total. The van der Waals surface area contributed by atoms with Gasteiger partial charge in [-0.1, -0.05) is 0 Å². The molecular formula is C7H8Br2N2. The molecule has 1 aromatic heterocycles. The second-order valence-electron chi connectivity index (χ2n) is 2.11. The third-order valence-electron chi connectivity index (χ3n) is 1.23. The third kappa shape index (κ3) is 2.54. The number of hydrogen-bond donors (Lipinski definition) is 1. The minimum Gasteiger partial charge on any atom is -0.314 e. The fourth-order valence-electron chi connectivity index (χ4n) is 0.740. The fraction of sp³-hybridized carbons (Fsp3) is 0.286. The summed E-state index contributed by atoms with van der Waals surface area (Å²) in [5.41, 5.74) is 1.02. The van der Waals surface area contributed by atoms with Crippen LogP contribution in [0.15, 0.2) is 21.2 Å². The van der Waals surface area contributed by atoms with E-state index in [2.05, 4.69) is 42.2 Å². The van der Waals surface area contributed by atoms with Gasteiger partial charge in [0.05, 0.1) is 5.69 Å². The van der Waals surface area contributed by atoms with Gasteiger partial charge in [-0.3, -0.25) is 4.98 Å². The standard InChI is InChI=1S/C7H8Br2N2/c1-10-4-7-6(9)2-5(8)3-11-7/h2-3,10H,4H2,1H3. The first-order valence-corrected chi connectivity index (χ1v) is 4.77. The highest BCUT2D eigenvalue weighted by Crippen LogP contribution is 2.18. The van der Waals surface area contributed by atoms with Crippen molar-refractivity contribution in [2.75, 3.05) is 7.05 Å². The summed E-state index contributed by atoms with van der Waals surface area (Å²) in [5, 5.41) is 3.04. The minimum atomic E-state index is 0.786. The SMILES string of the molecule is CNCc1ncc(Br)cc1Br. The Morgan fingerprint density at radius 1 is 1.55 bits per heavy atom. The van der Waals surface area contributed by atoms with Crippen LogP contribution in [-0.4, -0.2) is 12.0 Å². The number of halogens is 2. The molecule has 0 atom stereocenters. The van der Waals surface area contributed by atoms with E-state index in [0.29, 0.717) is 0 Å². The fourth-order valence-corrected chi connectivity index (χ4v) is 1.87. The van der Waals surface area contributed by atoms with Crippen molar-refractivity contribution >= 4 is 31.9 Å². The van der Waals surface area contributed by atoms with Crippen molar-refractivity contribution in [1.29, 1.82) is 0 Å². The molecule has 0 fully saturated rings. The van der Waals surface area contributed by atoms with E-state index in [1.807, 2.05) is 13.1 Å². The van der Waals surface area contributed by atoms with Crippen molar-refractivity contribution in [2.45, 2.75) is 6.54 Å². The topological polar surface area (TPSA) is 24.9 Å². The summed E-state index contributed by atoms with van der Waals surface area (Å²) in [6.07, 6.45) is 1.79. The zero-order chi connectivity index (χ0) is 8.27. The molecule has 1 N–H and O–H groups in total. The Labute approximate surface area is 82.7 Å². The lowest BCUT2D eigenvalue weighted by Crippen LogP contribution is -2.07. The van der Waals surface area contributed by atoms with Gasteiger partial charge < -0.3 is 5.32 Å². The van der Waals surface area contributed by atoms with Gasteiger partial charge in [0.1, 0.15) is 0 Å². The maximum Gasteiger partial charge on any atom is 0.0684 e. The van der Waals surface area contributed by atoms with Gasteiger partial charge in [0.25, 0.3) is 0 Å². The molecule has 0 radical (unpaired) electrons. The van der Waals surface area contributed by atoms with E-state index in [-0.39, 0.29) is 0 Å². The summed E-state index contributed by atoms with van der Waals surface area (Å²) in [4.78, 5) is 4.21. The van der Waals surface area contributed by atoms with E-state index >= 15 is 0 Å². The van der Waals surface area contributed by atoms with Crippen LogP contribution in [0.1, 0.15) is 5.69 Å². The quantitative estimate of drug-likeness (QED) is 0.899.